The van der Waals surface area contributed by atoms with Gasteiger partial charge in [0, 0.05) is 12.8 Å². The summed E-state index contributed by atoms with van der Waals surface area (Å²) in [6, 6.07) is 14.6. The zero-order valence-electron chi connectivity index (χ0n) is 12.7. The van der Waals surface area contributed by atoms with Crippen LogP contribution in [0.1, 0.15) is 17.5 Å². The predicted molar refractivity (Wildman–Crippen MR) is 86.0 cm³/mol. The number of hydrogen-bond acceptors (Lipinski definition) is 2. The van der Waals surface area contributed by atoms with Gasteiger partial charge in [0.2, 0.25) is 11.8 Å². The molecule has 3 N–H and O–H groups in total. The molecule has 120 valence electrons. The molecule has 0 fully saturated rings. The molecule has 0 saturated carbocycles. The van der Waals surface area contributed by atoms with Gasteiger partial charge in [-0.15, -0.1) is 0 Å². The normalized spacial score (nSPS) is 11.7. The number of amides is 2. The van der Waals surface area contributed by atoms with Crippen LogP contribution in [0.15, 0.2) is 54.6 Å². The molecule has 4 nitrogen and oxygen atoms in total. The molecule has 0 aromatic heterocycles. The van der Waals surface area contributed by atoms with Gasteiger partial charge in [-0.2, -0.15) is 0 Å². The van der Waals surface area contributed by atoms with Crippen LogP contribution >= 0.6 is 0 Å². The highest BCUT2D eigenvalue weighted by Crippen LogP contribution is 2.07. The molecule has 2 aromatic carbocycles. The van der Waals surface area contributed by atoms with Gasteiger partial charge in [0.15, 0.2) is 0 Å². The highest BCUT2D eigenvalue weighted by Gasteiger charge is 2.18. The van der Waals surface area contributed by atoms with E-state index in [0.717, 1.165) is 5.56 Å². The summed E-state index contributed by atoms with van der Waals surface area (Å²) in [5, 5.41) is 2.62. The fourth-order valence-corrected chi connectivity index (χ4v) is 2.29. The largest absolute Gasteiger partial charge is 0.368 e. The fraction of sp³-hybridized carbons (Fsp3) is 0.222. The lowest BCUT2D eigenvalue weighted by molar-refractivity contribution is -0.127. The van der Waals surface area contributed by atoms with Crippen LogP contribution in [0, 0.1) is 5.82 Å². The molecule has 0 aliphatic carbocycles. The van der Waals surface area contributed by atoms with Crippen LogP contribution < -0.4 is 11.1 Å². The Bertz CT molecular complexity index is 674. The molecule has 2 rings (SSSR count). The molecule has 0 radical (unpaired) electrons. The summed E-state index contributed by atoms with van der Waals surface area (Å²) in [4.78, 5) is 23.5. The minimum absolute atomic E-state index is 0.171. The number of primary amides is 1. The fourth-order valence-electron chi connectivity index (χ4n) is 2.29. The first kappa shape index (κ1) is 16.7. The minimum Gasteiger partial charge on any atom is -0.368 e. The Morgan fingerprint density at radius 1 is 1.04 bits per heavy atom. The molecule has 1 atom stereocenters. The lowest BCUT2D eigenvalue weighted by Crippen LogP contribution is -2.45. The number of rotatable bonds is 7. The number of nitrogens with one attached hydrogen (secondary N) is 1. The molecular weight excluding hydrogens is 295 g/mol. The zero-order chi connectivity index (χ0) is 16.7. The number of benzene rings is 2. The Balaban J connectivity index is 1.91. The van der Waals surface area contributed by atoms with Crippen LogP contribution in [0.25, 0.3) is 0 Å². The summed E-state index contributed by atoms with van der Waals surface area (Å²) in [5.41, 5.74) is 6.98. The van der Waals surface area contributed by atoms with Gasteiger partial charge >= 0.3 is 0 Å². The number of halogens is 1. The summed E-state index contributed by atoms with van der Waals surface area (Å²) in [7, 11) is 0. The van der Waals surface area contributed by atoms with Gasteiger partial charge in [-0.05, 0) is 29.7 Å². The summed E-state index contributed by atoms with van der Waals surface area (Å²) in [5.74, 6) is -1.28. The van der Waals surface area contributed by atoms with Crippen LogP contribution in [0.3, 0.4) is 0 Å². The van der Waals surface area contributed by atoms with Crippen molar-refractivity contribution in [3.8, 4) is 0 Å². The number of nitrogens with two attached hydrogens (primary N) is 1. The highest BCUT2D eigenvalue weighted by molar-refractivity contribution is 5.86. The Morgan fingerprint density at radius 3 is 2.39 bits per heavy atom. The molecule has 0 aliphatic rings. The van der Waals surface area contributed by atoms with Crippen molar-refractivity contribution in [2.75, 3.05) is 0 Å². The maximum absolute atomic E-state index is 13.2. The third-order valence-corrected chi connectivity index (χ3v) is 3.49. The van der Waals surface area contributed by atoms with Crippen LogP contribution in [-0.2, 0) is 22.4 Å². The van der Waals surface area contributed by atoms with Gasteiger partial charge in [-0.25, -0.2) is 4.39 Å². The smallest absolute Gasteiger partial charge is 0.240 e. The van der Waals surface area contributed by atoms with Crippen LogP contribution in [0.2, 0.25) is 0 Å². The Hall–Kier alpha value is -2.69. The average molecular weight is 314 g/mol. The lowest BCUT2D eigenvalue weighted by atomic mass is 10.0. The second-order valence-corrected chi connectivity index (χ2v) is 5.34. The van der Waals surface area contributed by atoms with Gasteiger partial charge in [-0.1, -0.05) is 42.5 Å². The summed E-state index contributed by atoms with van der Waals surface area (Å²) in [6.45, 7) is 0. The Labute approximate surface area is 134 Å². The van der Waals surface area contributed by atoms with Crippen molar-refractivity contribution in [1.29, 1.82) is 0 Å². The van der Waals surface area contributed by atoms with Crippen molar-refractivity contribution in [2.24, 2.45) is 5.73 Å². The molecule has 0 unspecified atom stereocenters. The molecule has 5 heteroatoms. The molecule has 2 amide bonds. The van der Waals surface area contributed by atoms with Crippen molar-refractivity contribution in [2.45, 2.75) is 25.3 Å². The van der Waals surface area contributed by atoms with Gasteiger partial charge in [0.1, 0.15) is 11.9 Å². The SMILES string of the molecule is NC(=O)[C@@H](Cc1cccc(F)c1)NC(=O)CCc1ccccc1. The van der Waals surface area contributed by atoms with Crippen molar-refractivity contribution < 1.29 is 14.0 Å². The Morgan fingerprint density at radius 2 is 1.74 bits per heavy atom. The molecule has 0 aliphatic heterocycles. The van der Waals surface area contributed by atoms with Crippen molar-refractivity contribution in [1.82, 2.24) is 5.32 Å². The maximum atomic E-state index is 13.2. The summed E-state index contributed by atoms with van der Waals surface area (Å²) in [6.07, 6.45) is 1.01. The standard InChI is InChI=1S/C18H19FN2O2/c19-15-8-4-7-14(11-15)12-16(18(20)23)21-17(22)10-9-13-5-2-1-3-6-13/h1-8,11,16H,9-10,12H2,(H2,20,23)(H,21,22)/t16-/m1/s1. The van der Waals surface area contributed by atoms with Gasteiger partial charge in [0.25, 0.3) is 0 Å². The first-order chi connectivity index (χ1) is 11.0. The lowest BCUT2D eigenvalue weighted by Gasteiger charge is -2.15. The van der Waals surface area contributed by atoms with E-state index in [4.69, 9.17) is 5.73 Å². The van der Waals surface area contributed by atoms with E-state index in [1.165, 1.54) is 12.1 Å². The molecule has 0 saturated heterocycles. The third kappa shape index (κ3) is 5.54. The van der Waals surface area contributed by atoms with E-state index in [-0.39, 0.29) is 24.6 Å². The van der Waals surface area contributed by atoms with E-state index >= 15 is 0 Å². The zero-order valence-corrected chi connectivity index (χ0v) is 12.7. The average Bonchev–Trinajstić information content (AvgIpc) is 2.53. The maximum Gasteiger partial charge on any atom is 0.240 e. The molecule has 2 aromatic rings. The van der Waals surface area contributed by atoms with E-state index in [2.05, 4.69) is 5.32 Å². The quantitative estimate of drug-likeness (QED) is 0.820. The number of hydrogen-bond donors (Lipinski definition) is 2. The van der Waals surface area contributed by atoms with Crippen LogP contribution in [0.4, 0.5) is 4.39 Å². The molecule has 0 heterocycles. The summed E-state index contributed by atoms with van der Waals surface area (Å²) < 4.78 is 13.2. The highest BCUT2D eigenvalue weighted by atomic mass is 19.1. The second kappa shape index (κ2) is 8.08. The first-order valence-electron chi connectivity index (χ1n) is 7.41. The van der Waals surface area contributed by atoms with Crippen LogP contribution in [0.5, 0.6) is 0 Å². The van der Waals surface area contributed by atoms with Crippen LogP contribution in [-0.4, -0.2) is 17.9 Å². The van der Waals surface area contributed by atoms with Gasteiger partial charge in [0.05, 0.1) is 0 Å². The van der Waals surface area contributed by atoms with Crippen molar-refractivity contribution >= 4 is 11.8 Å². The predicted octanol–water partition coefficient (Wildman–Crippen LogP) is 1.97. The number of carbonyl (C=O) groups is 2. The van der Waals surface area contributed by atoms with E-state index < -0.39 is 11.9 Å². The van der Waals surface area contributed by atoms with E-state index in [1.54, 1.807) is 12.1 Å². The topological polar surface area (TPSA) is 72.2 Å². The number of carbonyl (C=O) groups excluding carboxylic acids is 2. The molecular formula is C18H19FN2O2. The summed E-state index contributed by atoms with van der Waals surface area (Å²) >= 11 is 0. The van der Waals surface area contributed by atoms with E-state index in [0.29, 0.717) is 12.0 Å². The molecule has 0 spiro atoms. The second-order valence-electron chi connectivity index (χ2n) is 5.34. The van der Waals surface area contributed by atoms with Gasteiger partial charge < -0.3 is 11.1 Å². The van der Waals surface area contributed by atoms with E-state index in [9.17, 15) is 14.0 Å². The van der Waals surface area contributed by atoms with Crippen molar-refractivity contribution in [3.63, 3.8) is 0 Å². The van der Waals surface area contributed by atoms with E-state index in [1.807, 2.05) is 30.3 Å². The molecule has 23 heavy (non-hydrogen) atoms. The number of aryl methyl sites for hydroxylation is 1. The minimum atomic E-state index is -0.847. The monoisotopic (exact) mass is 314 g/mol. The molecule has 0 bridgehead atoms. The van der Waals surface area contributed by atoms with Gasteiger partial charge in [-0.3, -0.25) is 9.59 Å². The Kier molecular flexibility index (Phi) is 5.86. The van der Waals surface area contributed by atoms with Crippen molar-refractivity contribution in [3.05, 3.63) is 71.5 Å². The first-order valence-corrected chi connectivity index (χ1v) is 7.41. The third-order valence-electron chi connectivity index (χ3n) is 3.49.